The molecule has 2 aromatic carbocycles. The van der Waals surface area contributed by atoms with Crippen molar-refractivity contribution in [3.05, 3.63) is 65.9 Å². The maximum atomic E-state index is 12.2. The molecule has 0 bridgehead atoms. The Morgan fingerprint density at radius 1 is 1.09 bits per heavy atom. The zero-order valence-electron chi connectivity index (χ0n) is 13.0. The number of nitrogens with zero attached hydrogens (tertiary/aromatic N) is 1. The molecule has 1 amide bonds. The molecule has 3 aromatic rings. The zero-order valence-corrected chi connectivity index (χ0v) is 13.0. The van der Waals surface area contributed by atoms with Crippen molar-refractivity contribution in [2.45, 2.75) is 6.92 Å². The number of carbonyl (C=O) groups excluding carboxylic acids is 1. The van der Waals surface area contributed by atoms with Gasteiger partial charge < -0.3 is 10.1 Å². The number of aryl methyl sites for hydroxylation is 1. The van der Waals surface area contributed by atoms with Crippen molar-refractivity contribution in [2.24, 2.45) is 0 Å². The van der Waals surface area contributed by atoms with Gasteiger partial charge in [-0.1, -0.05) is 12.1 Å². The van der Waals surface area contributed by atoms with E-state index in [2.05, 4.69) is 15.5 Å². The maximum Gasteiger partial charge on any atom is 0.255 e. The molecule has 5 heteroatoms. The van der Waals surface area contributed by atoms with E-state index in [0.717, 1.165) is 28.4 Å². The number of carbonyl (C=O) groups is 1. The highest BCUT2D eigenvalue weighted by atomic mass is 16.5. The molecule has 0 unspecified atom stereocenters. The van der Waals surface area contributed by atoms with Gasteiger partial charge in [0.15, 0.2) is 0 Å². The fourth-order valence-corrected chi connectivity index (χ4v) is 2.24. The normalized spacial score (nSPS) is 10.3. The first-order chi connectivity index (χ1) is 11.2. The number of hydrogen-bond acceptors (Lipinski definition) is 3. The number of rotatable bonds is 4. The van der Waals surface area contributed by atoms with Gasteiger partial charge in [-0.05, 0) is 49.4 Å². The van der Waals surface area contributed by atoms with E-state index >= 15 is 0 Å². The number of nitrogens with one attached hydrogen (secondary N) is 2. The van der Waals surface area contributed by atoms with Crippen molar-refractivity contribution in [3.63, 3.8) is 0 Å². The van der Waals surface area contributed by atoms with Gasteiger partial charge in [0.25, 0.3) is 5.91 Å². The molecule has 116 valence electrons. The third kappa shape index (κ3) is 3.40. The third-order valence-electron chi connectivity index (χ3n) is 3.50. The molecule has 0 aliphatic heterocycles. The number of hydrogen-bond donors (Lipinski definition) is 2. The molecule has 0 saturated carbocycles. The summed E-state index contributed by atoms with van der Waals surface area (Å²) in [6.45, 7) is 1.96. The molecule has 0 radical (unpaired) electrons. The molecule has 1 aromatic heterocycles. The summed E-state index contributed by atoms with van der Waals surface area (Å²) < 4.78 is 5.08. The summed E-state index contributed by atoms with van der Waals surface area (Å²) in [5, 5.41) is 10.0. The first-order valence-electron chi connectivity index (χ1n) is 7.23. The molecule has 23 heavy (non-hydrogen) atoms. The number of benzene rings is 2. The van der Waals surface area contributed by atoms with Crippen molar-refractivity contribution >= 4 is 11.6 Å². The van der Waals surface area contributed by atoms with E-state index in [1.165, 1.54) is 0 Å². The minimum absolute atomic E-state index is 0.156. The fourth-order valence-electron chi connectivity index (χ4n) is 2.24. The Balaban J connectivity index is 1.71. The highest BCUT2D eigenvalue weighted by Gasteiger charge is 2.07. The first-order valence-corrected chi connectivity index (χ1v) is 7.23. The van der Waals surface area contributed by atoms with Crippen LogP contribution in [0.1, 0.15) is 16.1 Å². The lowest BCUT2D eigenvalue weighted by Crippen LogP contribution is -2.11. The van der Waals surface area contributed by atoms with Crippen LogP contribution in [0.4, 0.5) is 5.69 Å². The Labute approximate surface area is 134 Å². The molecule has 2 N–H and O–H groups in total. The number of anilines is 1. The minimum Gasteiger partial charge on any atom is -0.497 e. The Hall–Kier alpha value is -3.08. The summed E-state index contributed by atoms with van der Waals surface area (Å²) >= 11 is 0. The van der Waals surface area contributed by atoms with Crippen LogP contribution >= 0.6 is 0 Å². The van der Waals surface area contributed by atoms with Gasteiger partial charge in [0.2, 0.25) is 0 Å². The van der Waals surface area contributed by atoms with E-state index in [1.54, 1.807) is 31.4 Å². The highest BCUT2D eigenvalue weighted by molar-refractivity contribution is 6.04. The summed E-state index contributed by atoms with van der Waals surface area (Å²) in [6.07, 6.45) is 0. The minimum atomic E-state index is -0.156. The largest absolute Gasteiger partial charge is 0.497 e. The van der Waals surface area contributed by atoms with E-state index in [0.29, 0.717) is 5.56 Å². The van der Waals surface area contributed by atoms with Crippen LogP contribution in [0.25, 0.3) is 11.3 Å². The summed E-state index contributed by atoms with van der Waals surface area (Å²) in [7, 11) is 1.59. The van der Waals surface area contributed by atoms with Crippen LogP contribution in [0.3, 0.4) is 0 Å². The molecule has 0 saturated heterocycles. The van der Waals surface area contributed by atoms with Crippen molar-refractivity contribution in [3.8, 4) is 17.0 Å². The van der Waals surface area contributed by atoms with Crippen molar-refractivity contribution in [1.82, 2.24) is 10.2 Å². The van der Waals surface area contributed by atoms with Gasteiger partial charge >= 0.3 is 0 Å². The summed E-state index contributed by atoms with van der Waals surface area (Å²) in [5.74, 6) is 0.566. The monoisotopic (exact) mass is 307 g/mol. The van der Waals surface area contributed by atoms with Crippen LogP contribution in [0.15, 0.2) is 54.6 Å². The summed E-state index contributed by atoms with van der Waals surface area (Å²) in [6, 6.07) is 16.5. The molecule has 0 aliphatic carbocycles. The topological polar surface area (TPSA) is 67.0 Å². The third-order valence-corrected chi connectivity index (χ3v) is 3.50. The van der Waals surface area contributed by atoms with Gasteiger partial charge in [-0.25, -0.2) is 0 Å². The Morgan fingerprint density at radius 2 is 1.78 bits per heavy atom. The number of aromatic amines is 1. The molecule has 0 fully saturated rings. The van der Waals surface area contributed by atoms with Crippen LogP contribution in [0.5, 0.6) is 5.75 Å². The summed E-state index contributed by atoms with van der Waals surface area (Å²) in [5.41, 5.74) is 4.21. The smallest absolute Gasteiger partial charge is 0.255 e. The number of methoxy groups -OCH3 is 1. The van der Waals surface area contributed by atoms with Gasteiger partial charge in [0.05, 0.1) is 12.8 Å². The predicted molar refractivity (Wildman–Crippen MR) is 89.7 cm³/mol. The molecule has 3 rings (SSSR count). The van der Waals surface area contributed by atoms with Gasteiger partial charge in [-0.3, -0.25) is 9.89 Å². The molecule has 5 nitrogen and oxygen atoms in total. The summed E-state index contributed by atoms with van der Waals surface area (Å²) in [4.78, 5) is 12.2. The molecule has 0 atom stereocenters. The lowest BCUT2D eigenvalue weighted by atomic mass is 10.1. The Kier molecular flexibility index (Phi) is 4.10. The van der Waals surface area contributed by atoms with E-state index in [1.807, 2.05) is 37.3 Å². The second-order valence-electron chi connectivity index (χ2n) is 5.20. The number of H-pyrrole nitrogens is 1. The Morgan fingerprint density at radius 3 is 2.35 bits per heavy atom. The van der Waals surface area contributed by atoms with Crippen LogP contribution in [0, 0.1) is 6.92 Å². The Bertz CT molecular complexity index is 805. The fraction of sp³-hybridized carbons (Fsp3) is 0.111. The van der Waals surface area contributed by atoms with Gasteiger partial charge in [-0.15, -0.1) is 0 Å². The molecule has 0 aliphatic rings. The number of ether oxygens (including phenoxy) is 1. The number of amides is 1. The molecular weight excluding hydrogens is 290 g/mol. The lowest BCUT2D eigenvalue weighted by Gasteiger charge is -2.07. The van der Waals surface area contributed by atoms with E-state index < -0.39 is 0 Å². The quantitative estimate of drug-likeness (QED) is 0.773. The molecular formula is C18H17N3O2. The number of aromatic nitrogens is 2. The lowest BCUT2D eigenvalue weighted by molar-refractivity contribution is 0.102. The van der Waals surface area contributed by atoms with Crippen molar-refractivity contribution in [1.29, 1.82) is 0 Å². The highest BCUT2D eigenvalue weighted by Crippen LogP contribution is 2.20. The average Bonchev–Trinajstić information content (AvgIpc) is 3.02. The van der Waals surface area contributed by atoms with Crippen molar-refractivity contribution in [2.75, 3.05) is 12.4 Å². The van der Waals surface area contributed by atoms with Crippen LogP contribution < -0.4 is 10.1 Å². The standard InChI is InChI=1S/C18H17N3O2/c1-12-11-17(21-20-12)13-3-7-15(8-4-13)19-18(22)14-5-9-16(23-2)10-6-14/h3-11H,1-2H3,(H,19,22)(H,20,21). The van der Waals surface area contributed by atoms with Gasteiger partial charge in [0, 0.05) is 22.5 Å². The van der Waals surface area contributed by atoms with E-state index in [9.17, 15) is 4.79 Å². The van der Waals surface area contributed by atoms with E-state index in [4.69, 9.17) is 4.74 Å². The van der Waals surface area contributed by atoms with Crippen LogP contribution in [-0.2, 0) is 0 Å². The second-order valence-corrected chi connectivity index (χ2v) is 5.20. The van der Waals surface area contributed by atoms with Crippen LogP contribution in [0.2, 0.25) is 0 Å². The predicted octanol–water partition coefficient (Wildman–Crippen LogP) is 3.65. The average molecular weight is 307 g/mol. The maximum absolute atomic E-state index is 12.2. The zero-order chi connectivity index (χ0) is 16.2. The van der Waals surface area contributed by atoms with E-state index in [-0.39, 0.29) is 5.91 Å². The first kappa shape index (κ1) is 14.8. The second kappa shape index (κ2) is 6.36. The SMILES string of the molecule is COc1ccc(C(=O)Nc2ccc(-c3cc(C)[nH]n3)cc2)cc1. The van der Waals surface area contributed by atoms with Crippen molar-refractivity contribution < 1.29 is 9.53 Å². The molecule has 1 heterocycles. The van der Waals surface area contributed by atoms with Crippen LogP contribution in [-0.4, -0.2) is 23.2 Å². The van der Waals surface area contributed by atoms with Gasteiger partial charge in [-0.2, -0.15) is 5.10 Å². The van der Waals surface area contributed by atoms with Gasteiger partial charge in [0.1, 0.15) is 5.75 Å². The molecule has 0 spiro atoms.